The van der Waals surface area contributed by atoms with E-state index in [1.165, 1.54) is 11.3 Å². The zero-order valence-corrected chi connectivity index (χ0v) is 13.1. The number of hydrogen-bond donors (Lipinski definition) is 2. The van der Waals surface area contributed by atoms with Crippen molar-refractivity contribution >= 4 is 22.4 Å². The summed E-state index contributed by atoms with van der Waals surface area (Å²) in [4.78, 5) is 16.3. The maximum atomic E-state index is 11.9. The van der Waals surface area contributed by atoms with Crippen molar-refractivity contribution in [3.8, 4) is 0 Å². The fourth-order valence-electron chi connectivity index (χ4n) is 1.58. The Kier molecular flexibility index (Phi) is 5.90. The summed E-state index contributed by atoms with van der Waals surface area (Å²) < 4.78 is 5.23. The van der Waals surface area contributed by atoms with Crippen LogP contribution in [0.1, 0.15) is 45.9 Å². The first-order valence-corrected chi connectivity index (χ1v) is 7.29. The molecule has 0 fully saturated rings. The highest BCUT2D eigenvalue weighted by molar-refractivity contribution is 7.13. The van der Waals surface area contributed by atoms with Crippen molar-refractivity contribution in [2.24, 2.45) is 0 Å². The van der Waals surface area contributed by atoms with E-state index >= 15 is 0 Å². The van der Waals surface area contributed by atoms with E-state index in [0.717, 1.165) is 12.2 Å². The molecule has 1 atom stereocenters. The summed E-state index contributed by atoms with van der Waals surface area (Å²) in [5.41, 5.74) is 0.495. The number of aromatic nitrogens is 1. The molecule has 2 N–H and O–H groups in total. The standard InChI is InChI=1S/C13H23N3O2S/c1-6-14-9(2)10-8-19-12(15-10)16-11(17)7-13(3,4)18-5/h8-9,14H,6-7H2,1-5H3,(H,15,16,17). The third-order valence-electron chi connectivity index (χ3n) is 2.86. The SMILES string of the molecule is CCNC(C)c1csc(NC(=O)CC(C)(C)OC)n1. The highest BCUT2D eigenvalue weighted by Crippen LogP contribution is 2.21. The van der Waals surface area contributed by atoms with E-state index in [0.29, 0.717) is 11.6 Å². The second-order valence-electron chi connectivity index (χ2n) is 5.05. The normalized spacial score (nSPS) is 13.3. The quantitative estimate of drug-likeness (QED) is 0.808. The number of ether oxygens (including phenoxy) is 1. The Bertz CT molecular complexity index is 418. The van der Waals surface area contributed by atoms with Crippen molar-refractivity contribution < 1.29 is 9.53 Å². The molecule has 0 spiro atoms. The lowest BCUT2D eigenvalue weighted by molar-refractivity contribution is -0.121. The van der Waals surface area contributed by atoms with Crippen LogP contribution in [0.2, 0.25) is 0 Å². The molecule has 0 saturated heterocycles. The largest absolute Gasteiger partial charge is 0.378 e. The number of hydrogen-bond acceptors (Lipinski definition) is 5. The summed E-state index contributed by atoms with van der Waals surface area (Å²) in [7, 11) is 1.60. The number of methoxy groups -OCH3 is 1. The molecular formula is C13H23N3O2S. The number of nitrogens with one attached hydrogen (secondary N) is 2. The van der Waals surface area contributed by atoms with Crippen LogP contribution in [0.4, 0.5) is 5.13 Å². The molecule has 0 aliphatic heterocycles. The highest BCUT2D eigenvalue weighted by atomic mass is 32.1. The average Bonchev–Trinajstić information content (AvgIpc) is 2.77. The molecule has 0 radical (unpaired) electrons. The van der Waals surface area contributed by atoms with E-state index in [1.54, 1.807) is 7.11 Å². The van der Waals surface area contributed by atoms with E-state index in [9.17, 15) is 4.79 Å². The lowest BCUT2D eigenvalue weighted by Crippen LogP contribution is -2.29. The first kappa shape index (κ1) is 16.1. The van der Waals surface area contributed by atoms with Crippen molar-refractivity contribution in [2.45, 2.75) is 45.8 Å². The lowest BCUT2D eigenvalue weighted by Gasteiger charge is -2.21. The van der Waals surface area contributed by atoms with Gasteiger partial charge in [0.05, 0.1) is 17.7 Å². The number of rotatable bonds is 7. The highest BCUT2D eigenvalue weighted by Gasteiger charge is 2.21. The molecule has 0 bridgehead atoms. The number of anilines is 1. The van der Waals surface area contributed by atoms with Gasteiger partial charge in [-0.3, -0.25) is 4.79 Å². The summed E-state index contributed by atoms with van der Waals surface area (Å²) in [5.74, 6) is -0.0798. The van der Waals surface area contributed by atoms with Crippen molar-refractivity contribution in [2.75, 3.05) is 19.0 Å². The first-order valence-electron chi connectivity index (χ1n) is 6.41. The summed E-state index contributed by atoms with van der Waals surface area (Å²) in [6.07, 6.45) is 0.307. The third kappa shape index (κ3) is 5.26. The van der Waals surface area contributed by atoms with Gasteiger partial charge in [0.2, 0.25) is 5.91 Å². The maximum Gasteiger partial charge on any atom is 0.229 e. The Hall–Kier alpha value is -0.980. The Morgan fingerprint density at radius 3 is 2.84 bits per heavy atom. The minimum atomic E-state index is -0.457. The zero-order chi connectivity index (χ0) is 14.5. The Balaban J connectivity index is 2.56. The van der Waals surface area contributed by atoms with Gasteiger partial charge in [-0.1, -0.05) is 6.92 Å². The third-order valence-corrected chi connectivity index (χ3v) is 3.64. The smallest absolute Gasteiger partial charge is 0.229 e. The van der Waals surface area contributed by atoms with Crippen molar-refractivity contribution in [1.29, 1.82) is 0 Å². The van der Waals surface area contributed by atoms with Crippen LogP contribution >= 0.6 is 11.3 Å². The first-order chi connectivity index (χ1) is 8.88. The van der Waals surface area contributed by atoms with Crippen LogP contribution in [0.15, 0.2) is 5.38 Å². The number of carbonyl (C=O) groups is 1. The van der Waals surface area contributed by atoms with Gasteiger partial charge >= 0.3 is 0 Å². The van der Waals surface area contributed by atoms with Gasteiger partial charge < -0.3 is 15.4 Å². The maximum absolute atomic E-state index is 11.9. The molecule has 0 aliphatic carbocycles. The van der Waals surface area contributed by atoms with Gasteiger partial charge in [0.25, 0.3) is 0 Å². The lowest BCUT2D eigenvalue weighted by atomic mass is 10.1. The number of amides is 1. The molecule has 1 aromatic heterocycles. The molecule has 19 heavy (non-hydrogen) atoms. The van der Waals surface area contributed by atoms with Gasteiger partial charge in [0.1, 0.15) is 0 Å². The van der Waals surface area contributed by atoms with E-state index in [4.69, 9.17) is 4.74 Å². The van der Waals surface area contributed by atoms with Gasteiger partial charge in [0, 0.05) is 18.5 Å². The molecule has 108 valence electrons. The summed E-state index contributed by atoms with van der Waals surface area (Å²) in [6.45, 7) is 8.76. The van der Waals surface area contributed by atoms with Crippen molar-refractivity contribution in [3.05, 3.63) is 11.1 Å². The van der Waals surface area contributed by atoms with Gasteiger partial charge in [-0.05, 0) is 27.3 Å². The van der Waals surface area contributed by atoms with Crippen LogP contribution in [0.5, 0.6) is 0 Å². The molecule has 0 aliphatic rings. The molecule has 0 saturated carbocycles. The molecule has 5 nitrogen and oxygen atoms in total. The predicted octanol–water partition coefficient (Wildman–Crippen LogP) is 2.57. The van der Waals surface area contributed by atoms with Gasteiger partial charge in [0.15, 0.2) is 5.13 Å². The summed E-state index contributed by atoms with van der Waals surface area (Å²) in [5, 5.41) is 8.70. The van der Waals surface area contributed by atoms with Crippen LogP contribution in [-0.2, 0) is 9.53 Å². The van der Waals surface area contributed by atoms with Crippen LogP contribution < -0.4 is 10.6 Å². The fraction of sp³-hybridized carbons (Fsp3) is 0.692. The minimum Gasteiger partial charge on any atom is -0.378 e. The second kappa shape index (κ2) is 6.98. The number of thiazole rings is 1. The molecule has 1 aromatic rings. The molecule has 0 aromatic carbocycles. The van der Waals surface area contributed by atoms with E-state index < -0.39 is 5.60 Å². The number of nitrogens with zero attached hydrogens (tertiary/aromatic N) is 1. The van der Waals surface area contributed by atoms with Crippen LogP contribution in [0, 0.1) is 0 Å². The fourth-order valence-corrected chi connectivity index (χ4v) is 2.40. The average molecular weight is 285 g/mol. The minimum absolute atomic E-state index is 0.0798. The topological polar surface area (TPSA) is 63.2 Å². The molecular weight excluding hydrogens is 262 g/mol. The Morgan fingerprint density at radius 2 is 2.26 bits per heavy atom. The second-order valence-corrected chi connectivity index (χ2v) is 5.90. The number of carbonyl (C=O) groups excluding carboxylic acids is 1. The molecule has 1 unspecified atom stereocenters. The molecule has 1 heterocycles. The molecule has 6 heteroatoms. The van der Waals surface area contributed by atoms with E-state index in [2.05, 4.69) is 29.5 Å². The van der Waals surface area contributed by atoms with E-state index in [-0.39, 0.29) is 11.9 Å². The zero-order valence-electron chi connectivity index (χ0n) is 12.2. The molecule has 1 amide bonds. The van der Waals surface area contributed by atoms with Gasteiger partial charge in [-0.25, -0.2) is 4.98 Å². The van der Waals surface area contributed by atoms with Crippen LogP contribution in [-0.4, -0.2) is 30.1 Å². The summed E-state index contributed by atoms with van der Waals surface area (Å²) in [6, 6.07) is 0.197. The Labute approximate surface area is 118 Å². The van der Waals surface area contributed by atoms with Crippen molar-refractivity contribution in [3.63, 3.8) is 0 Å². The monoisotopic (exact) mass is 285 g/mol. The van der Waals surface area contributed by atoms with E-state index in [1.807, 2.05) is 19.2 Å². The van der Waals surface area contributed by atoms with Crippen LogP contribution in [0.25, 0.3) is 0 Å². The summed E-state index contributed by atoms with van der Waals surface area (Å²) >= 11 is 1.44. The molecule has 1 rings (SSSR count). The van der Waals surface area contributed by atoms with Gasteiger partial charge in [-0.2, -0.15) is 0 Å². The van der Waals surface area contributed by atoms with Gasteiger partial charge in [-0.15, -0.1) is 11.3 Å². The van der Waals surface area contributed by atoms with Crippen molar-refractivity contribution in [1.82, 2.24) is 10.3 Å². The predicted molar refractivity (Wildman–Crippen MR) is 78.5 cm³/mol. The van der Waals surface area contributed by atoms with Crippen LogP contribution in [0.3, 0.4) is 0 Å². The Morgan fingerprint density at radius 1 is 1.58 bits per heavy atom.